The number of hydrogen-bond acceptors (Lipinski definition) is 1. The highest BCUT2D eigenvalue weighted by atomic mass is 19.4. The maximum absolute atomic E-state index is 12.1. The molecule has 0 saturated heterocycles. The third-order valence-electron chi connectivity index (χ3n) is 2.31. The summed E-state index contributed by atoms with van der Waals surface area (Å²) in [5, 5.41) is 2.71. The Morgan fingerprint density at radius 2 is 2.23 bits per heavy atom. The van der Waals surface area contributed by atoms with Gasteiger partial charge in [-0.3, -0.25) is 0 Å². The molecule has 0 aliphatic heterocycles. The summed E-state index contributed by atoms with van der Waals surface area (Å²) in [6.45, 7) is 0. The normalized spacial score (nSPS) is 20.2. The van der Waals surface area contributed by atoms with E-state index >= 15 is 0 Å². The van der Waals surface area contributed by atoms with Gasteiger partial charge < -0.3 is 5.32 Å². The topological polar surface area (TPSA) is 12.0 Å². The van der Waals surface area contributed by atoms with Crippen molar-refractivity contribution in [2.45, 2.75) is 37.9 Å². The summed E-state index contributed by atoms with van der Waals surface area (Å²) in [6.07, 6.45) is -0.183. The van der Waals surface area contributed by atoms with Crippen molar-refractivity contribution in [2.75, 3.05) is 7.05 Å². The molecular formula is C9H14F3N. The van der Waals surface area contributed by atoms with E-state index in [1.54, 1.807) is 7.05 Å². The van der Waals surface area contributed by atoms with Crippen LogP contribution in [0.15, 0.2) is 11.6 Å². The minimum absolute atomic E-state index is 0.512. The highest BCUT2D eigenvalue weighted by Gasteiger charge is 2.32. The quantitative estimate of drug-likeness (QED) is 0.679. The van der Waals surface area contributed by atoms with Crippen molar-refractivity contribution in [3.63, 3.8) is 0 Å². The molecule has 1 atom stereocenters. The van der Waals surface area contributed by atoms with E-state index in [-0.39, 0.29) is 0 Å². The summed E-state index contributed by atoms with van der Waals surface area (Å²) in [4.78, 5) is 0. The summed E-state index contributed by atoms with van der Waals surface area (Å²) < 4.78 is 36.2. The van der Waals surface area contributed by atoms with Crippen LogP contribution in [-0.2, 0) is 0 Å². The Balaban J connectivity index is 2.52. The van der Waals surface area contributed by atoms with Crippen LogP contribution in [0.2, 0.25) is 0 Å². The second-order valence-corrected chi connectivity index (χ2v) is 3.33. The average Bonchev–Trinajstić information content (AvgIpc) is 2.50. The van der Waals surface area contributed by atoms with Crippen molar-refractivity contribution >= 4 is 0 Å². The zero-order chi connectivity index (χ0) is 9.90. The van der Waals surface area contributed by atoms with Crippen LogP contribution in [0.3, 0.4) is 0 Å². The van der Waals surface area contributed by atoms with Crippen LogP contribution in [-0.4, -0.2) is 19.3 Å². The van der Waals surface area contributed by atoms with Crippen LogP contribution < -0.4 is 5.32 Å². The maximum Gasteiger partial charge on any atom is 0.390 e. The first-order chi connectivity index (χ1) is 6.03. The molecule has 1 aliphatic carbocycles. The molecule has 0 bridgehead atoms. The van der Waals surface area contributed by atoms with Crippen LogP contribution in [0.5, 0.6) is 0 Å². The molecule has 1 N–H and O–H groups in total. The van der Waals surface area contributed by atoms with E-state index in [0.29, 0.717) is 0 Å². The number of rotatable bonds is 3. The van der Waals surface area contributed by atoms with E-state index in [1.807, 2.05) is 6.08 Å². The number of nitrogens with one attached hydrogen (secondary N) is 1. The fourth-order valence-corrected chi connectivity index (χ4v) is 1.66. The lowest BCUT2D eigenvalue weighted by molar-refractivity contribution is -0.137. The van der Waals surface area contributed by atoms with Crippen molar-refractivity contribution < 1.29 is 13.2 Å². The number of alkyl halides is 3. The fourth-order valence-electron chi connectivity index (χ4n) is 1.66. The van der Waals surface area contributed by atoms with Crippen molar-refractivity contribution in [1.82, 2.24) is 5.32 Å². The van der Waals surface area contributed by atoms with Gasteiger partial charge in [0.15, 0.2) is 0 Å². The molecule has 0 radical (unpaired) electrons. The first-order valence-electron chi connectivity index (χ1n) is 4.46. The summed E-state index contributed by atoms with van der Waals surface area (Å²) in [5.74, 6) is 0. The van der Waals surface area contributed by atoms with Gasteiger partial charge in [0.2, 0.25) is 0 Å². The summed E-state index contributed by atoms with van der Waals surface area (Å²) in [6, 6.07) is -0.512. The third-order valence-corrected chi connectivity index (χ3v) is 2.31. The van der Waals surface area contributed by atoms with Gasteiger partial charge in [-0.05, 0) is 26.3 Å². The fraction of sp³-hybridized carbons (Fsp3) is 0.778. The predicted molar refractivity (Wildman–Crippen MR) is 45.5 cm³/mol. The number of allylic oxidation sites excluding steroid dienone is 1. The molecule has 0 spiro atoms. The van der Waals surface area contributed by atoms with E-state index in [0.717, 1.165) is 24.8 Å². The molecule has 0 saturated carbocycles. The minimum atomic E-state index is -4.07. The Morgan fingerprint density at radius 1 is 1.54 bits per heavy atom. The molecule has 0 aromatic rings. The minimum Gasteiger partial charge on any atom is -0.313 e. The SMILES string of the molecule is CNC(CC(F)(F)F)C1=CCCC1. The molecule has 76 valence electrons. The molecule has 1 rings (SSSR count). The standard InChI is InChI=1S/C9H14F3N/c1-13-8(6-9(10,11)12)7-4-2-3-5-7/h4,8,13H,2-3,5-6H2,1H3. The van der Waals surface area contributed by atoms with E-state index < -0.39 is 18.6 Å². The largest absolute Gasteiger partial charge is 0.390 e. The van der Waals surface area contributed by atoms with Gasteiger partial charge in [0.1, 0.15) is 0 Å². The molecule has 13 heavy (non-hydrogen) atoms. The Hall–Kier alpha value is -0.510. The monoisotopic (exact) mass is 193 g/mol. The van der Waals surface area contributed by atoms with Crippen molar-refractivity contribution in [2.24, 2.45) is 0 Å². The molecular weight excluding hydrogens is 179 g/mol. The average molecular weight is 193 g/mol. The second-order valence-electron chi connectivity index (χ2n) is 3.33. The molecule has 0 fully saturated rings. The van der Waals surface area contributed by atoms with Gasteiger partial charge in [0.25, 0.3) is 0 Å². The lowest BCUT2D eigenvalue weighted by Crippen LogP contribution is -2.32. The van der Waals surface area contributed by atoms with Gasteiger partial charge in [-0.15, -0.1) is 0 Å². The van der Waals surface area contributed by atoms with Crippen LogP contribution >= 0.6 is 0 Å². The number of likely N-dealkylation sites (N-methyl/N-ethyl adjacent to an activating group) is 1. The summed E-state index contributed by atoms with van der Waals surface area (Å²) >= 11 is 0. The Labute approximate surface area is 76.0 Å². The summed E-state index contributed by atoms with van der Waals surface area (Å²) in [5.41, 5.74) is 0.917. The second kappa shape index (κ2) is 4.13. The molecule has 1 unspecified atom stereocenters. The van der Waals surface area contributed by atoms with Crippen molar-refractivity contribution in [1.29, 1.82) is 0 Å². The predicted octanol–water partition coefficient (Wildman–Crippen LogP) is 2.64. The molecule has 0 heterocycles. The van der Waals surface area contributed by atoms with Crippen LogP contribution in [0.4, 0.5) is 13.2 Å². The smallest absolute Gasteiger partial charge is 0.313 e. The lowest BCUT2D eigenvalue weighted by atomic mass is 10.0. The molecule has 0 aromatic heterocycles. The first-order valence-corrected chi connectivity index (χ1v) is 4.46. The van der Waals surface area contributed by atoms with Gasteiger partial charge in [0.05, 0.1) is 6.42 Å². The molecule has 0 aromatic carbocycles. The van der Waals surface area contributed by atoms with Crippen LogP contribution in [0.25, 0.3) is 0 Å². The Bertz CT molecular complexity index is 196. The van der Waals surface area contributed by atoms with Crippen molar-refractivity contribution in [3.8, 4) is 0 Å². The van der Waals surface area contributed by atoms with Gasteiger partial charge in [-0.1, -0.05) is 11.6 Å². The maximum atomic E-state index is 12.1. The van der Waals surface area contributed by atoms with Crippen LogP contribution in [0, 0.1) is 0 Å². The highest BCUT2D eigenvalue weighted by molar-refractivity contribution is 5.15. The Morgan fingerprint density at radius 3 is 2.62 bits per heavy atom. The van der Waals surface area contributed by atoms with Gasteiger partial charge in [0, 0.05) is 6.04 Å². The van der Waals surface area contributed by atoms with E-state index in [1.165, 1.54) is 0 Å². The van der Waals surface area contributed by atoms with Gasteiger partial charge in [-0.25, -0.2) is 0 Å². The van der Waals surface area contributed by atoms with E-state index in [4.69, 9.17) is 0 Å². The molecule has 1 nitrogen and oxygen atoms in total. The number of hydrogen-bond donors (Lipinski definition) is 1. The van der Waals surface area contributed by atoms with Gasteiger partial charge in [-0.2, -0.15) is 13.2 Å². The molecule has 1 aliphatic rings. The first kappa shape index (κ1) is 10.6. The number of halogens is 3. The zero-order valence-electron chi connectivity index (χ0n) is 7.62. The van der Waals surface area contributed by atoms with Gasteiger partial charge >= 0.3 is 6.18 Å². The van der Waals surface area contributed by atoms with Crippen LogP contribution in [0.1, 0.15) is 25.7 Å². The lowest BCUT2D eigenvalue weighted by Gasteiger charge is -2.19. The van der Waals surface area contributed by atoms with Crippen molar-refractivity contribution in [3.05, 3.63) is 11.6 Å². The Kier molecular flexibility index (Phi) is 3.36. The highest BCUT2D eigenvalue weighted by Crippen LogP contribution is 2.29. The molecule has 4 heteroatoms. The third kappa shape index (κ3) is 3.38. The van der Waals surface area contributed by atoms with E-state index in [9.17, 15) is 13.2 Å². The van der Waals surface area contributed by atoms with E-state index in [2.05, 4.69) is 5.32 Å². The summed E-state index contributed by atoms with van der Waals surface area (Å²) in [7, 11) is 1.58. The molecule has 0 amide bonds. The zero-order valence-corrected chi connectivity index (χ0v) is 7.62.